The van der Waals surface area contributed by atoms with Gasteiger partial charge in [0.15, 0.2) is 11.6 Å². The summed E-state index contributed by atoms with van der Waals surface area (Å²) >= 11 is 2.78. The van der Waals surface area contributed by atoms with Gasteiger partial charge >= 0.3 is 11.9 Å². The zero-order valence-electron chi connectivity index (χ0n) is 25.2. The largest absolute Gasteiger partial charge is 0.465 e. The van der Waals surface area contributed by atoms with E-state index in [1.165, 1.54) is 0 Å². The van der Waals surface area contributed by atoms with Crippen molar-refractivity contribution in [1.29, 1.82) is 1.12 Å². The lowest BCUT2D eigenvalue weighted by Crippen LogP contribution is -2.32. The fourth-order valence-electron chi connectivity index (χ4n) is 3.59. The first kappa shape index (κ1) is 34.1. The molecule has 2 N–H and O–H groups in total. The molecule has 0 aromatic carbocycles. The molecule has 0 aliphatic carbocycles. The fraction of sp³-hybridized carbons (Fsp3) is 0.923. The Labute approximate surface area is 230 Å². The second-order valence-electron chi connectivity index (χ2n) is 12.1. The highest BCUT2D eigenvalue weighted by molar-refractivity contribution is 7.59. The van der Waals surface area contributed by atoms with E-state index in [4.69, 9.17) is 34.7 Å². The third-order valence-electron chi connectivity index (χ3n) is 5.40. The van der Waals surface area contributed by atoms with E-state index in [2.05, 4.69) is 13.4 Å². The SMILES string of the molecule is CC1(C)O[C@@H](CCO)[C@@H](COC(=O)C(C)(C)C)O1.CC1(C)O[C@@H](CCOC(=O)C(C)(C)C)[C@@H](CO)O1.[2H]S. The molecule has 0 radical (unpaired) electrons. The van der Waals surface area contributed by atoms with Crippen molar-refractivity contribution in [3.8, 4) is 0 Å². The lowest BCUT2D eigenvalue weighted by molar-refractivity contribution is -0.165. The maximum absolute atomic E-state index is 11.7. The second-order valence-corrected chi connectivity index (χ2v) is 12.1. The number of aliphatic hydroxyl groups excluding tert-OH is 2. The summed E-state index contributed by atoms with van der Waals surface area (Å²) < 4.78 is 38.3. The van der Waals surface area contributed by atoms with Gasteiger partial charge in [-0.1, -0.05) is 0 Å². The van der Waals surface area contributed by atoms with Crippen LogP contribution in [0.4, 0.5) is 0 Å². The van der Waals surface area contributed by atoms with Crippen molar-refractivity contribution in [2.45, 2.75) is 118 Å². The minimum atomic E-state index is -0.696. The van der Waals surface area contributed by atoms with E-state index in [1.54, 1.807) is 34.6 Å². The van der Waals surface area contributed by atoms with Crippen LogP contribution < -0.4 is 0 Å². The van der Waals surface area contributed by atoms with Crippen LogP contribution in [0, 0.1) is 10.8 Å². The molecule has 2 aliphatic heterocycles. The van der Waals surface area contributed by atoms with Crippen LogP contribution in [0.25, 0.3) is 0 Å². The Bertz CT molecular complexity index is 718. The number of esters is 2. The number of hydrogen-bond donors (Lipinski definition) is 2. The van der Waals surface area contributed by atoms with Crippen LogP contribution in [-0.2, 0) is 38.0 Å². The molecule has 2 saturated heterocycles. The summed E-state index contributed by atoms with van der Waals surface area (Å²) in [6.45, 7) is 18.4. The number of hydrogen-bond acceptors (Lipinski definition) is 10. The summed E-state index contributed by atoms with van der Waals surface area (Å²) in [6, 6.07) is 0. The van der Waals surface area contributed by atoms with Crippen LogP contribution in [0.5, 0.6) is 0 Å². The zero-order valence-corrected chi connectivity index (χ0v) is 25.1. The maximum Gasteiger partial charge on any atom is 0.311 e. The summed E-state index contributed by atoms with van der Waals surface area (Å²) in [5, 5.41) is 18.2. The van der Waals surface area contributed by atoms with Gasteiger partial charge in [0.05, 0.1) is 37.4 Å². The van der Waals surface area contributed by atoms with Gasteiger partial charge in [0, 0.05) is 13.0 Å². The van der Waals surface area contributed by atoms with Gasteiger partial charge in [-0.25, -0.2) is 0 Å². The van der Waals surface area contributed by atoms with E-state index in [0.29, 0.717) is 12.8 Å². The number of rotatable bonds is 8. The standard InChI is InChI=1S/2C13H24O5.H2S/c1-12(2,3)11(15)16-7-6-9-10(8-14)18-13(4,5)17-9;1-12(2,3)11(15)16-8-10-9(6-7-14)17-13(4,5)18-10;/h2*9-10,14H,6-8H2,1-5H3;1H2/t2*9-,10+;/m00./s1/i/hD. The lowest BCUT2D eigenvalue weighted by Gasteiger charge is -2.20. The van der Waals surface area contributed by atoms with Crippen LogP contribution in [0.1, 0.15) is 82.1 Å². The van der Waals surface area contributed by atoms with E-state index in [0.717, 1.165) is 0 Å². The number of carbonyl (C=O) groups is 2. The molecule has 2 fully saturated rings. The quantitative estimate of drug-likeness (QED) is 0.431. The van der Waals surface area contributed by atoms with E-state index in [1.807, 2.05) is 34.6 Å². The van der Waals surface area contributed by atoms with E-state index in [-0.39, 0.29) is 62.8 Å². The predicted octanol–water partition coefficient (Wildman–Crippen LogP) is 3.07. The van der Waals surface area contributed by atoms with Crippen LogP contribution in [0.3, 0.4) is 0 Å². The summed E-state index contributed by atoms with van der Waals surface area (Å²) in [4.78, 5) is 23.3. The Morgan fingerprint density at radius 3 is 1.59 bits per heavy atom. The van der Waals surface area contributed by atoms with Crippen molar-refractivity contribution >= 4 is 25.3 Å². The Morgan fingerprint density at radius 2 is 1.16 bits per heavy atom. The molecule has 2 rings (SSSR count). The maximum atomic E-state index is 11.7. The van der Waals surface area contributed by atoms with Crippen LogP contribution >= 0.6 is 13.4 Å². The summed E-state index contributed by atoms with van der Waals surface area (Å²) in [7, 11) is 0. The van der Waals surface area contributed by atoms with Crippen molar-refractivity contribution in [3.63, 3.8) is 0 Å². The molecular weight excluding hydrogens is 504 g/mol. The molecular formula is C26H50O10S. The van der Waals surface area contributed by atoms with Gasteiger partial charge in [-0.2, -0.15) is 13.4 Å². The Kier molecular flexibility index (Phi) is 13.3. The van der Waals surface area contributed by atoms with Crippen molar-refractivity contribution < 1.29 is 48.2 Å². The average Bonchev–Trinajstić information content (AvgIpc) is 3.25. The highest BCUT2D eigenvalue weighted by atomic mass is 32.1. The highest BCUT2D eigenvalue weighted by Crippen LogP contribution is 2.31. The van der Waals surface area contributed by atoms with Gasteiger partial charge < -0.3 is 38.6 Å². The molecule has 0 spiro atoms. The van der Waals surface area contributed by atoms with E-state index >= 15 is 0 Å². The van der Waals surface area contributed by atoms with Gasteiger partial charge in [0.25, 0.3) is 0 Å². The first-order chi connectivity index (χ1) is 17.3. The Balaban J connectivity index is 0.000000676. The highest BCUT2D eigenvalue weighted by Gasteiger charge is 2.42. The predicted molar refractivity (Wildman–Crippen MR) is 142 cm³/mol. The molecule has 11 heteroatoms. The summed E-state index contributed by atoms with van der Waals surface area (Å²) in [5.74, 6) is -1.88. The molecule has 0 amide bonds. The number of aliphatic hydroxyl groups is 2. The third kappa shape index (κ3) is 12.6. The molecule has 10 nitrogen and oxygen atoms in total. The van der Waals surface area contributed by atoms with Gasteiger partial charge in [-0.05, 0) is 75.7 Å². The van der Waals surface area contributed by atoms with E-state index in [9.17, 15) is 14.7 Å². The topological polar surface area (TPSA) is 130 Å². The molecule has 0 unspecified atom stereocenters. The molecule has 0 aromatic rings. The van der Waals surface area contributed by atoms with Gasteiger partial charge in [0.2, 0.25) is 0 Å². The van der Waals surface area contributed by atoms with Gasteiger partial charge in [-0.15, -0.1) is 0 Å². The molecule has 37 heavy (non-hydrogen) atoms. The van der Waals surface area contributed by atoms with Crippen LogP contribution in [-0.4, -0.2) is 85.7 Å². The van der Waals surface area contributed by atoms with Crippen LogP contribution in [0.15, 0.2) is 0 Å². The first-order valence-corrected chi connectivity index (χ1v) is 12.6. The summed E-state index contributed by atoms with van der Waals surface area (Å²) in [5.41, 5.74) is -1.02. The van der Waals surface area contributed by atoms with Crippen molar-refractivity contribution in [2.24, 2.45) is 10.8 Å². The van der Waals surface area contributed by atoms with Crippen LogP contribution in [0.2, 0.25) is 0 Å². The Morgan fingerprint density at radius 1 is 0.757 bits per heavy atom. The minimum absolute atomic E-state index is 0.0217. The zero-order chi connectivity index (χ0) is 29.9. The first-order valence-electron chi connectivity index (χ1n) is 13.0. The van der Waals surface area contributed by atoms with Crippen molar-refractivity contribution in [2.75, 3.05) is 26.4 Å². The van der Waals surface area contributed by atoms with E-state index < -0.39 is 22.4 Å². The monoisotopic (exact) mass is 555 g/mol. The molecule has 2 heterocycles. The lowest BCUT2D eigenvalue weighted by atomic mass is 9.97. The van der Waals surface area contributed by atoms with Gasteiger partial charge in [0.1, 0.15) is 18.8 Å². The van der Waals surface area contributed by atoms with Crippen molar-refractivity contribution in [3.05, 3.63) is 0 Å². The molecule has 0 bridgehead atoms. The second kappa shape index (κ2) is 14.4. The fourth-order valence-corrected chi connectivity index (χ4v) is 3.59. The third-order valence-corrected chi connectivity index (χ3v) is 5.40. The number of carbonyl (C=O) groups excluding carboxylic acids is 2. The van der Waals surface area contributed by atoms with Crippen molar-refractivity contribution in [1.82, 2.24) is 0 Å². The normalized spacial score (nSPS) is 26.7. The molecule has 2 aliphatic rings. The molecule has 0 aromatic heterocycles. The average molecular weight is 556 g/mol. The smallest absolute Gasteiger partial charge is 0.311 e. The Hall–Kier alpha value is -0.950. The minimum Gasteiger partial charge on any atom is -0.465 e. The van der Waals surface area contributed by atoms with Gasteiger partial charge in [-0.3, -0.25) is 9.59 Å². The number of ether oxygens (including phenoxy) is 6. The summed E-state index contributed by atoms with van der Waals surface area (Å²) in [6.07, 6.45) is -0.153. The molecule has 220 valence electrons. The molecule has 0 saturated carbocycles. The molecule has 4 atom stereocenters.